The van der Waals surface area contributed by atoms with Crippen molar-refractivity contribution in [3.8, 4) is 0 Å². The van der Waals surface area contributed by atoms with Gasteiger partial charge in [0.1, 0.15) is 12.2 Å². The maximum absolute atomic E-state index is 12.7. The molecule has 3 aromatic heterocycles. The molecule has 126 valence electrons. The van der Waals surface area contributed by atoms with E-state index in [0.717, 1.165) is 22.6 Å². The van der Waals surface area contributed by atoms with Crippen molar-refractivity contribution in [1.29, 1.82) is 0 Å². The van der Waals surface area contributed by atoms with Crippen LogP contribution in [0.2, 0.25) is 0 Å². The maximum Gasteiger partial charge on any atom is 0.252 e. The first-order chi connectivity index (χ1) is 11.4. The van der Waals surface area contributed by atoms with Crippen molar-refractivity contribution in [2.75, 3.05) is 0 Å². The Morgan fingerprint density at radius 3 is 2.79 bits per heavy atom. The molecule has 0 bridgehead atoms. The minimum Gasteiger partial charge on any atom is -0.345 e. The van der Waals surface area contributed by atoms with E-state index in [9.17, 15) is 4.79 Å². The number of pyridine rings is 1. The first-order valence-electron chi connectivity index (χ1n) is 7.86. The molecule has 0 aliphatic heterocycles. The third-order valence-corrected chi connectivity index (χ3v) is 3.88. The second-order valence-corrected chi connectivity index (χ2v) is 6.12. The summed E-state index contributed by atoms with van der Waals surface area (Å²) in [6.45, 7) is 8.11. The van der Waals surface area contributed by atoms with Crippen LogP contribution >= 0.6 is 0 Å². The molecule has 24 heavy (non-hydrogen) atoms. The normalized spacial score (nSPS) is 11.4. The number of aromatic nitrogens is 6. The van der Waals surface area contributed by atoms with E-state index in [1.807, 2.05) is 34.7 Å². The van der Waals surface area contributed by atoms with Gasteiger partial charge in [0.2, 0.25) is 0 Å². The van der Waals surface area contributed by atoms with Crippen molar-refractivity contribution in [1.82, 2.24) is 34.8 Å². The lowest BCUT2D eigenvalue weighted by Crippen LogP contribution is -2.26. The molecule has 1 N–H and O–H groups in total. The van der Waals surface area contributed by atoms with Gasteiger partial charge in [-0.1, -0.05) is 0 Å². The summed E-state index contributed by atoms with van der Waals surface area (Å²) >= 11 is 0. The summed E-state index contributed by atoms with van der Waals surface area (Å²) in [6, 6.07) is 1.98. The van der Waals surface area contributed by atoms with E-state index in [-0.39, 0.29) is 11.9 Å². The summed E-state index contributed by atoms with van der Waals surface area (Å²) in [5.41, 5.74) is 2.86. The van der Waals surface area contributed by atoms with Crippen LogP contribution in [0.3, 0.4) is 0 Å². The van der Waals surface area contributed by atoms with Gasteiger partial charge in [0.05, 0.1) is 23.2 Å². The van der Waals surface area contributed by atoms with Crippen LogP contribution in [0.5, 0.6) is 0 Å². The van der Waals surface area contributed by atoms with E-state index < -0.39 is 0 Å². The van der Waals surface area contributed by atoms with E-state index in [1.54, 1.807) is 15.4 Å². The van der Waals surface area contributed by atoms with Crippen molar-refractivity contribution in [3.05, 3.63) is 35.2 Å². The number of fused-ring (bicyclic) bond motifs is 1. The molecule has 3 aromatic rings. The van der Waals surface area contributed by atoms with Gasteiger partial charge in [-0.2, -0.15) is 10.2 Å². The fourth-order valence-corrected chi connectivity index (χ4v) is 2.84. The minimum atomic E-state index is -0.167. The van der Waals surface area contributed by atoms with E-state index in [4.69, 9.17) is 0 Å². The van der Waals surface area contributed by atoms with Gasteiger partial charge in [-0.05, 0) is 33.8 Å². The molecule has 0 unspecified atom stereocenters. The average molecular weight is 327 g/mol. The number of nitrogens with one attached hydrogen (secondary N) is 1. The number of carbonyl (C=O) groups excluding carboxylic acids is 1. The predicted octanol–water partition coefficient (Wildman–Crippen LogP) is 1.69. The molecular formula is C16H21N7O. The Labute approximate surface area is 139 Å². The topological polar surface area (TPSA) is 90.5 Å². The fourth-order valence-electron chi connectivity index (χ4n) is 2.84. The lowest BCUT2D eigenvalue weighted by atomic mass is 10.1. The molecule has 0 spiro atoms. The van der Waals surface area contributed by atoms with Crippen molar-refractivity contribution in [2.24, 2.45) is 7.05 Å². The highest BCUT2D eigenvalue weighted by Gasteiger charge is 2.18. The number of amides is 1. The van der Waals surface area contributed by atoms with Crippen molar-refractivity contribution in [2.45, 2.75) is 40.3 Å². The van der Waals surface area contributed by atoms with Gasteiger partial charge in [0, 0.05) is 18.8 Å². The smallest absolute Gasteiger partial charge is 0.252 e. The van der Waals surface area contributed by atoms with Gasteiger partial charge in [0.25, 0.3) is 5.91 Å². The monoisotopic (exact) mass is 327 g/mol. The standard InChI is InChI=1S/C16H21N7O/c1-9(2)23-13(18-8-19-23)7-17-16(24)12-6-10(3)20-15-14(12)11(4)21-22(15)5/h6,8-9H,7H2,1-5H3,(H,17,24). The van der Waals surface area contributed by atoms with Crippen LogP contribution in [-0.4, -0.2) is 35.4 Å². The quantitative estimate of drug-likeness (QED) is 0.787. The molecule has 0 aromatic carbocycles. The third kappa shape index (κ3) is 2.75. The Hall–Kier alpha value is -2.77. The molecule has 0 atom stereocenters. The second kappa shape index (κ2) is 6.03. The molecule has 0 saturated heterocycles. The van der Waals surface area contributed by atoms with Crippen LogP contribution in [-0.2, 0) is 13.6 Å². The van der Waals surface area contributed by atoms with E-state index in [2.05, 4.69) is 25.5 Å². The van der Waals surface area contributed by atoms with Gasteiger partial charge in [-0.3, -0.25) is 9.48 Å². The number of carbonyl (C=O) groups is 1. The zero-order valence-electron chi connectivity index (χ0n) is 14.5. The molecular weight excluding hydrogens is 306 g/mol. The Balaban J connectivity index is 1.90. The molecule has 8 heteroatoms. The van der Waals surface area contributed by atoms with Crippen molar-refractivity contribution < 1.29 is 4.79 Å². The lowest BCUT2D eigenvalue weighted by Gasteiger charge is -2.11. The SMILES string of the molecule is Cc1cc(C(=O)NCc2ncnn2C(C)C)c2c(C)nn(C)c2n1. The van der Waals surface area contributed by atoms with Crippen LogP contribution < -0.4 is 5.32 Å². The predicted molar refractivity (Wildman–Crippen MR) is 89.6 cm³/mol. The van der Waals surface area contributed by atoms with Gasteiger partial charge >= 0.3 is 0 Å². The van der Waals surface area contributed by atoms with E-state index in [1.165, 1.54) is 6.33 Å². The van der Waals surface area contributed by atoms with Crippen LogP contribution in [0.1, 0.15) is 47.5 Å². The van der Waals surface area contributed by atoms with Crippen molar-refractivity contribution in [3.63, 3.8) is 0 Å². The Morgan fingerprint density at radius 1 is 1.33 bits per heavy atom. The zero-order chi connectivity index (χ0) is 17.4. The molecule has 3 heterocycles. The molecule has 1 amide bonds. The first kappa shape index (κ1) is 16.1. The van der Waals surface area contributed by atoms with Gasteiger partial charge in [-0.15, -0.1) is 0 Å². The molecule has 0 saturated carbocycles. The van der Waals surface area contributed by atoms with Gasteiger partial charge < -0.3 is 5.32 Å². The molecule has 0 aliphatic carbocycles. The minimum absolute atomic E-state index is 0.167. The fraction of sp³-hybridized carbons (Fsp3) is 0.438. The second-order valence-electron chi connectivity index (χ2n) is 6.12. The first-order valence-corrected chi connectivity index (χ1v) is 7.86. The number of aryl methyl sites for hydroxylation is 3. The summed E-state index contributed by atoms with van der Waals surface area (Å²) in [4.78, 5) is 21.4. The highest BCUT2D eigenvalue weighted by molar-refractivity contribution is 6.06. The Kier molecular flexibility index (Phi) is 4.04. The number of rotatable bonds is 4. The molecule has 8 nitrogen and oxygen atoms in total. The largest absolute Gasteiger partial charge is 0.345 e. The molecule has 0 radical (unpaired) electrons. The highest BCUT2D eigenvalue weighted by atomic mass is 16.1. The molecule has 0 aliphatic rings. The summed E-state index contributed by atoms with van der Waals surface area (Å²) in [5, 5.41) is 12.3. The third-order valence-electron chi connectivity index (χ3n) is 3.88. The van der Waals surface area contributed by atoms with Crippen molar-refractivity contribution >= 4 is 16.9 Å². The Bertz CT molecular complexity index is 907. The molecule has 0 fully saturated rings. The highest BCUT2D eigenvalue weighted by Crippen LogP contribution is 2.21. The van der Waals surface area contributed by atoms with Crippen LogP contribution in [0.4, 0.5) is 0 Å². The van der Waals surface area contributed by atoms with Crippen LogP contribution in [0.25, 0.3) is 11.0 Å². The molecule has 3 rings (SSSR count). The number of nitrogens with zero attached hydrogens (tertiary/aromatic N) is 6. The number of hydrogen-bond donors (Lipinski definition) is 1. The summed E-state index contributed by atoms with van der Waals surface area (Å²) in [6.07, 6.45) is 1.50. The lowest BCUT2D eigenvalue weighted by molar-refractivity contribution is 0.0950. The Morgan fingerprint density at radius 2 is 2.08 bits per heavy atom. The summed E-state index contributed by atoms with van der Waals surface area (Å²) < 4.78 is 3.49. The van der Waals surface area contributed by atoms with Gasteiger partial charge in [-0.25, -0.2) is 14.6 Å². The summed E-state index contributed by atoms with van der Waals surface area (Å²) in [5.74, 6) is 0.559. The van der Waals surface area contributed by atoms with Crippen LogP contribution in [0, 0.1) is 13.8 Å². The van der Waals surface area contributed by atoms with Crippen LogP contribution in [0.15, 0.2) is 12.4 Å². The average Bonchev–Trinajstić information content (AvgIpc) is 3.09. The zero-order valence-corrected chi connectivity index (χ0v) is 14.5. The van der Waals surface area contributed by atoms with E-state index >= 15 is 0 Å². The number of hydrogen-bond acceptors (Lipinski definition) is 5. The summed E-state index contributed by atoms with van der Waals surface area (Å²) in [7, 11) is 1.83. The maximum atomic E-state index is 12.7. The van der Waals surface area contributed by atoms with E-state index in [0.29, 0.717) is 17.8 Å². The van der Waals surface area contributed by atoms with Gasteiger partial charge in [0.15, 0.2) is 5.65 Å².